The van der Waals surface area contributed by atoms with Gasteiger partial charge in [-0.1, -0.05) is 45.0 Å². The van der Waals surface area contributed by atoms with Crippen LogP contribution in [-0.2, 0) is 0 Å². The van der Waals surface area contributed by atoms with Crippen molar-refractivity contribution in [1.29, 1.82) is 0 Å². The molecule has 0 bridgehead atoms. The molecule has 102 valence electrons. The summed E-state index contributed by atoms with van der Waals surface area (Å²) < 4.78 is 5.44. The highest BCUT2D eigenvalue weighted by Crippen LogP contribution is 2.25. The number of hydrogen-bond acceptors (Lipinski definition) is 2. The number of hydrogen-bond donors (Lipinski definition) is 1. The van der Waals surface area contributed by atoms with Gasteiger partial charge in [-0.05, 0) is 36.6 Å². The minimum Gasteiger partial charge on any atom is -0.469 e. The number of nitrogens with one attached hydrogen (secondary N) is 1. The van der Waals surface area contributed by atoms with Crippen molar-refractivity contribution in [2.45, 2.75) is 39.7 Å². The smallest absolute Gasteiger partial charge is 0.101 e. The van der Waals surface area contributed by atoms with Gasteiger partial charge >= 0.3 is 0 Å². The molecular formula is C17H23NO. The summed E-state index contributed by atoms with van der Waals surface area (Å²) in [5.41, 5.74) is 3.85. The molecule has 0 spiro atoms. The van der Waals surface area contributed by atoms with Gasteiger partial charge in [0.1, 0.15) is 5.76 Å². The molecule has 1 aromatic carbocycles. The number of benzene rings is 1. The van der Waals surface area contributed by atoms with Gasteiger partial charge in [0.05, 0.1) is 12.3 Å². The predicted octanol–water partition coefficient (Wildman–Crippen LogP) is 4.41. The summed E-state index contributed by atoms with van der Waals surface area (Å²) in [7, 11) is 0. The lowest BCUT2D eigenvalue weighted by Gasteiger charge is -2.17. The second kappa shape index (κ2) is 6.07. The van der Waals surface area contributed by atoms with E-state index < -0.39 is 0 Å². The van der Waals surface area contributed by atoms with Gasteiger partial charge in [-0.2, -0.15) is 0 Å². The molecule has 0 aliphatic heterocycles. The highest BCUT2D eigenvalue weighted by molar-refractivity contribution is 5.33. The van der Waals surface area contributed by atoms with E-state index >= 15 is 0 Å². The zero-order valence-electron chi connectivity index (χ0n) is 12.2. The Morgan fingerprint density at radius 2 is 1.68 bits per heavy atom. The second-order valence-corrected chi connectivity index (χ2v) is 5.30. The van der Waals surface area contributed by atoms with Crippen LogP contribution in [0.2, 0.25) is 0 Å². The maximum Gasteiger partial charge on any atom is 0.101 e. The molecule has 0 aliphatic rings. The molecule has 1 aromatic heterocycles. The van der Waals surface area contributed by atoms with Gasteiger partial charge in [-0.3, -0.25) is 0 Å². The van der Waals surface area contributed by atoms with E-state index in [1.807, 2.05) is 13.2 Å². The Kier molecular flexibility index (Phi) is 4.43. The first-order valence-corrected chi connectivity index (χ1v) is 7.00. The SMILES string of the molecule is CCNC(c1ccc(C(C)C)cc1)c1coc(C)c1. The molecule has 1 unspecified atom stereocenters. The summed E-state index contributed by atoms with van der Waals surface area (Å²) in [5.74, 6) is 1.53. The maximum absolute atomic E-state index is 5.44. The van der Waals surface area contributed by atoms with Crippen molar-refractivity contribution >= 4 is 0 Å². The summed E-state index contributed by atoms with van der Waals surface area (Å²) in [6.07, 6.45) is 1.85. The third kappa shape index (κ3) is 3.27. The fraction of sp³-hybridized carbons (Fsp3) is 0.412. The van der Waals surface area contributed by atoms with E-state index in [4.69, 9.17) is 4.42 Å². The van der Waals surface area contributed by atoms with Crippen molar-refractivity contribution in [1.82, 2.24) is 5.32 Å². The van der Waals surface area contributed by atoms with Crippen molar-refractivity contribution < 1.29 is 4.42 Å². The molecule has 2 rings (SSSR count). The van der Waals surface area contributed by atoms with Crippen LogP contribution in [0.4, 0.5) is 0 Å². The number of furan rings is 1. The van der Waals surface area contributed by atoms with Gasteiger partial charge in [0, 0.05) is 5.56 Å². The second-order valence-electron chi connectivity index (χ2n) is 5.30. The van der Waals surface area contributed by atoms with Crippen LogP contribution >= 0.6 is 0 Å². The van der Waals surface area contributed by atoms with Crippen LogP contribution in [-0.4, -0.2) is 6.54 Å². The van der Waals surface area contributed by atoms with E-state index in [1.54, 1.807) is 0 Å². The minimum absolute atomic E-state index is 0.212. The van der Waals surface area contributed by atoms with Crippen LogP contribution in [0, 0.1) is 6.92 Å². The Bertz CT molecular complexity index is 510. The van der Waals surface area contributed by atoms with Gasteiger partial charge in [0.2, 0.25) is 0 Å². The molecule has 2 heteroatoms. The average molecular weight is 257 g/mol. The van der Waals surface area contributed by atoms with Gasteiger partial charge in [0.15, 0.2) is 0 Å². The third-order valence-corrected chi connectivity index (χ3v) is 3.43. The fourth-order valence-electron chi connectivity index (χ4n) is 2.32. The Morgan fingerprint density at radius 1 is 1.05 bits per heavy atom. The number of aryl methyl sites for hydroxylation is 1. The molecule has 2 aromatic rings. The Labute approximate surface area is 115 Å². The first-order valence-electron chi connectivity index (χ1n) is 7.00. The van der Waals surface area contributed by atoms with Gasteiger partial charge in [-0.15, -0.1) is 0 Å². The molecule has 0 saturated carbocycles. The van der Waals surface area contributed by atoms with E-state index in [9.17, 15) is 0 Å². The molecule has 0 fully saturated rings. The Morgan fingerprint density at radius 3 is 2.16 bits per heavy atom. The summed E-state index contributed by atoms with van der Waals surface area (Å²) in [6.45, 7) is 9.48. The molecule has 19 heavy (non-hydrogen) atoms. The lowest BCUT2D eigenvalue weighted by Crippen LogP contribution is -2.21. The standard InChI is InChI=1S/C17H23NO/c1-5-18-17(16-10-13(4)19-11-16)15-8-6-14(7-9-15)12(2)3/h6-12,17-18H,5H2,1-4H3. The average Bonchev–Trinajstić information content (AvgIpc) is 2.82. The minimum atomic E-state index is 0.212. The van der Waals surface area contributed by atoms with Crippen molar-refractivity contribution in [2.75, 3.05) is 6.54 Å². The lowest BCUT2D eigenvalue weighted by atomic mass is 9.96. The topological polar surface area (TPSA) is 25.2 Å². The predicted molar refractivity (Wildman–Crippen MR) is 79.5 cm³/mol. The highest BCUT2D eigenvalue weighted by Gasteiger charge is 2.15. The number of rotatable bonds is 5. The van der Waals surface area contributed by atoms with E-state index in [1.165, 1.54) is 16.7 Å². The van der Waals surface area contributed by atoms with Crippen LogP contribution in [0.1, 0.15) is 55.2 Å². The van der Waals surface area contributed by atoms with Gasteiger partial charge < -0.3 is 9.73 Å². The zero-order chi connectivity index (χ0) is 13.8. The van der Waals surface area contributed by atoms with Crippen LogP contribution in [0.3, 0.4) is 0 Å². The first kappa shape index (κ1) is 13.9. The molecular weight excluding hydrogens is 234 g/mol. The van der Waals surface area contributed by atoms with E-state index in [0.717, 1.165) is 12.3 Å². The van der Waals surface area contributed by atoms with Crippen molar-refractivity contribution in [2.24, 2.45) is 0 Å². The molecule has 2 nitrogen and oxygen atoms in total. The van der Waals surface area contributed by atoms with Gasteiger partial charge in [-0.25, -0.2) is 0 Å². The summed E-state index contributed by atoms with van der Waals surface area (Å²) in [4.78, 5) is 0. The first-order chi connectivity index (χ1) is 9.11. The lowest BCUT2D eigenvalue weighted by molar-refractivity contribution is 0.525. The molecule has 0 radical (unpaired) electrons. The monoisotopic (exact) mass is 257 g/mol. The molecule has 1 N–H and O–H groups in total. The third-order valence-electron chi connectivity index (χ3n) is 3.43. The molecule has 1 atom stereocenters. The van der Waals surface area contributed by atoms with Crippen molar-refractivity contribution in [3.8, 4) is 0 Å². The van der Waals surface area contributed by atoms with Gasteiger partial charge in [0.25, 0.3) is 0 Å². The maximum atomic E-state index is 5.44. The Hall–Kier alpha value is -1.54. The molecule has 0 saturated heterocycles. The molecule has 0 amide bonds. The van der Waals surface area contributed by atoms with E-state index in [-0.39, 0.29) is 6.04 Å². The largest absolute Gasteiger partial charge is 0.469 e. The highest BCUT2D eigenvalue weighted by atomic mass is 16.3. The summed E-state index contributed by atoms with van der Waals surface area (Å²) in [5, 5.41) is 3.52. The van der Waals surface area contributed by atoms with Crippen LogP contribution in [0.5, 0.6) is 0 Å². The molecule has 1 heterocycles. The Balaban J connectivity index is 2.28. The zero-order valence-corrected chi connectivity index (χ0v) is 12.2. The van der Waals surface area contributed by atoms with Crippen LogP contribution in [0.25, 0.3) is 0 Å². The van der Waals surface area contributed by atoms with Crippen LogP contribution < -0.4 is 5.32 Å². The quantitative estimate of drug-likeness (QED) is 0.858. The van der Waals surface area contributed by atoms with E-state index in [0.29, 0.717) is 5.92 Å². The summed E-state index contributed by atoms with van der Waals surface area (Å²) in [6, 6.07) is 11.2. The van der Waals surface area contributed by atoms with Crippen LogP contribution in [0.15, 0.2) is 41.0 Å². The molecule has 0 aliphatic carbocycles. The van der Waals surface area contributed by atoms with Crippen molar-refractivity contribution in [3.63, 3.8) is 0 Å². The fourth-order valence-corrected chi connectivity index (χ4v) is 2.32. The van der Waals surface area contributed by atoms with E-state index in [2.05, 4.69) is 56.4 Å². The summed E-state index contributed by atoms with van der Waals surface area (Å²) >= 11 is 0. The van der Waals surface area contributed by atoms with Crippen molar-refractivity contribution in [3.05, 3.63) is 59.0 Å². The normalized spacial score (nSPS) is 12.9.